The van der Waals surface area contributed by atoms with E-state index in [9.17, 15) is 4.79 Å². The third kappa shape index (κ3) is 3.57. The molecular formula is C15H12BrNO. The predicted molar refractivity (Wildman–Crippen MR) is 77.1 cm³/mol. The number of carbonyl (C=O) groups excluding carboxylic acids is 1. The second kappa shape index (κ2) is 6.17. The maximum atomic E-state index is 11.7. The summed E-state index contributed by atoms with van der Waals surface area (Å²) in [6.07, 6.45) is 3.51. The molecule has 2 nitrogen and oxygen atoms in total. The molecule has 3 heteroatoms. The zero-order valence-corrected chi connectivity index (χ0v) is 11.2. The Morgan fingerprint density at radius 3 is 2.33 bits per heavy atom. The number of hydrogen-bond donors (Lipinski definition) is 1. The summed E-state index contributed by atoms with van der Waals surface area (Å²) < 4.78 is 1.04. The molecule has 0 aromatic heterocycles. The van der Waals surface area contributed by atoms with E-state index in [0.717, 1.165) is 10.0 Å². The lowest BCUT2D eigenvalue weighted by Crippen LogP contribution is -2.16. The fourth-order valence-electron chi connectivity index (χ4n) is 1.46. The molecule has 0 saturated heterocycles. The summed E-state index contributed by atoms with van der Waals surface area (Å²) in [5.41, 5.74) is 1.68. The number of hydrogen-bond acceptors (Lipinski definition) is 1. The van der Waals surface area contributed by atoms with Crippen molar-refractivity contribution in [3.63, 3.8) is 0 Å². The monoisotopic (exact) mass is 301 g/mol. The quantitative estimate of drug-likeness (QED) is 0.916. The SMILES string of the molecule is O=C(N/C=C/c1ccc(Br)cc1)c1ccccc1. The Morgan fingerprint density at radius 1 is 1.00 bits per heavy atom. The van der Waals surface area contributed by atoms with Crippen molar-refractivity contribution in [1.29, 1.82) is 0 Å². The molecule has 0 aliphatic rings. The van der Waals surface area contributed by atoms with Gasteiger partial charge in [0.1, 0.15) is 0 Å². The summed E-state index contributed by atoms with van der Waals surface area (Å²) in [6.45, 7) is 0. The number of carbonyl (C=O) groups is 1. The van der Waals surface area contributed by atoms with Gasteiger partial charge in [0.2, 0.25) is 0 Å². The Morgan fingerprint density at radius 2 is 1.67 bits per heavy atom. The molecule has 0 aliphatic heterocycles. The van der Waals surface area contributed by atoms with Crippen LogP contribution in [-0.4, -0.2) is 5.91 Å². The first-order valence-electron chi connectivity index (χ1n) is 5.54. The Bertz CT molecular complexity index is 546. The molecule has 2 aromatic carbocycles. The highest BCUT2D eigenvalue weighted by atomic mass is 79.9. The largest absolute Gasteiger partial charge is 0.329 e. The molecule has 0 aliphatic carbocycles. The second-order valence-electron chi connectivity index (χ2n) is 3.72. The van der Waals surface area contributed by atoms with Gasteiger partial charge in [-0.05, 0) is 35.9 Å². The van der Waals surface area contributed by atoms with Gasteiger partial charge in [-0.3, -0.25) is 4.79 Å². The van der Waals surface area contributed by atoms with Crippen LogP contribution in [0.5, 0.6) is 0 Å². The van der Waals surface area contributed by atoms with Crippen molar-refractivity contribution in [2.75, 3.05) is 0 Å². The van der Waals surface area contributed by atoms with Crippen LogP contribution in [0.3, 0.4) is 0 Å². The van der Waals surface area contributed by atoms with E-state index in [-0.39, 0.29) is 5.91 Å². The predicted octanol–water partition coefficient (Wildman–Crippen LogP) is 3.85. The lowest BCUT2D eigenvalue weighted by atomic mass is 10.2. The topological polar surface area (TPSA) is 29.1 Å². The molecule has 0 radical (unpaired) electrons. The van der Waals surface area contributed by atoms with E-state index in [0.29, 0.717) is 5.56 Å². The molecule has 0 atom stereocenters. The summed E-state index contributed by atoms with van der Waals surface area (Å²) in [4.78, 5) is 11.7. The maximum absolute atomic E-state index is 11.7. The minimum atomic E-state index is -0.107. The third-order valence-electron chi connectivity index (χ3n) is 2.40. The fourth-order valence-corrected chi connectivity index (χ4v) is 1.72. The second-order valence-corrected chi connectivity index (χ2v) is 4.64. The highest BCUT2D eigenvalue weighted by molar-refractivity contribution is 9.10. The first-order chi connectivity index (χ1) is 8.75. The smallest absolute Gasteiger partial charge is 0.255 e. The van der Waals surface area contributed by atoms with Crippen LogP contribution in [0.25, 0.3) is 6.08 Å². The van der Waals surface area contributed by atoms with E-state index in [1.807, 2.05) is 48.5 Å². The highest BCUT2D eigenvalue weighted by Gasteiger charge is 2.00. The summed E-state index contributed by atoms with van der Waals surface area (Å²) in [5, 5.41) is 2.73. The molecule has 90 valence electrons. The molecule has 0 fully saturated rings. The number of rotatable bonds is 3. The highest BCUT2D eigenvalue weighted by Crippen LogP contribution is 2.11. The van der Waals surface area contributed by atoms with E-state index in [1.165, 1.54) is 0 Å². The van der Waals surface area contributed by atoms with Crippen molar-refractivity contribution in [2.45, 2.75) is 0 Å². The van der Waals surface area contributed by atoms with Crippen LogP contribution in [0.2, 0.25) is 0 Å². The van der Waals surface area contributed by atoms with Crippen molar-refractivity contribution in [3.8, 4) is 0 Å². The maximum Gasteiger partial charge on any atom is 0.255 e. The summed E-state index contributed by atoms with van der Waals surface area (Å²) >= 11 is 3.37. The Labute approximate surface area is 114 Å². The number of halogens is 1. The van der Waals surface area contributed by atoms with Gasteiger partial charge in [-0.2, -0.15) is 0 Å². The molecule has 0 unspecified atom stereocenters. The first kappa shape index (κ1) is 12.6. The number of amides is 1. The minimum absolute atomic E-state index is 0.107. The van der Waals surface area contributed by atoms with E-state index >= 15 is 0 Å². The van der Waals surface area contributed by atoms with Gasteiger partial charge in [-0.25, -0.2) is 0 Å². The van der Waals surface area contributed by atoms with Gasteiger partial charge < -0.3 is 5.32 Å². The molecule has 0 bridgehead atoms. The van der Waals surface area contributed by atoms with Gasteiger partial charge in [-0.1, -0.05) is 46.3 Å². The molecule has 0 spiro atoms. The summed E-state index contributed by atoms with van der Waals surface area (Å²) in [5.74, 6) is -0.107. The van der Waals surface area contributed by atoms with Crippen LogP contribution in [0.1, 0.15) is 15.9 Å². The van der Waals surface area contributed by atoms with Crippen molar-refractivity contribution >= 4 is 27.9 Å². The zero-order valence-electron chi connectivity index (χ0n) is 9.64. The number of nitrogens with one attached hydrogen (secondary N) is 1. The Balaban J connectivity index is 1.96. The van der Waals surface area contributed by atoms with Gasteiger partial charge in [0.05, 0.1) is 0 Å². The molecular weight excluding hydrogens is 290 g/mol. The molecule has 1 amide bonds. The van der Waals surface area contributed by atoms with E-state index in [1.54, 1.807) is 18.3 Å². The Hall–Kier alpha value is -1.87. The molecule has 0 heterocycles. The van der Waals surface area contributed by atoms with Crippen LogP contribution in [0.15, 0.2) is 65.3 Å². The first-order valence-corrected chi connectivity index (χ1v) is 6.33. The van der Waals surface area contributed by atoms with E-state index in [4.69, 9.17) is 0 Å². The van der Waals surface area contributed by atoms with Crippen LogP contribution >= 0.6 is 15.9 Å². The van der Waals surface area contributed by atoms with Crippen molar-refractivity contribution in [3.05, 3.63) is 76.4 Å². The molecule has 2 rings (SSSR count). The van der Waals surface area contributed by atoms with E-state index < -0.39 is 0 Å². The molecule has 18 heavy (non-hydrogen) atoms. The van der Waals surface area contributed by atoms with Crippen LogP contribution in [0, 0.1) is 0 Å². The van der Waals surface area contributed by atoms with Crippen molar-refractivity contribution in [2.24, 2.45) is 0 Å². The van der Waals surface area contributed by atoms with Gasteiger partial charge >= 0.3 is 0 Å². The fraction of sp³-hybridized carbons (Fsp3) is 0. The zero-order chi connectivity index (χ0) is 12.8. The van der Waals surface area contributed by atoms with Gasteiger partial charge in [0.25, 0.3) is 5.91 Å². The lowest BCUT2D eigenvalue weighted by Gasteiger charge is -1.99. The van der Waals surface area contributed by atoms with Gasteiger partial charge in [-0.15, -0.1) is 0 Å². The standard InChI is InChI=1S/C15H12BrNO/c16-14-8-6-12(7-9-14)10-11-17-15(18)13-4-2-1-3-5-13/h1-11H,(H,17,18)/b11-10+. The Kier molecular flexibility index (Phi) is 4.31. The number of benzene rings is 2. The molecule has 1 N–H and O–H groups in total. The third-order valence-corrected chi connectivity index (χ3v) is 2.92. The summed E-state index contributed by atoms with van der Waals surface area (Å²) in [6, 6.07) is 17.0. The average molecular weight is 302 g/mol. The van der Waals surface area contributed by atoms with Crippen LogP contribution < -0.4 is 5.32 Å². The summed E-state index contributed by atoms with van der Waals surface area (Å²) in [7, 11) is 0. The molecule has 0 saturated carbocycles. The normalized spacial score (nSPS) is 10.5. The van der Waals surface area contributed by atoms with Crippen LogP contribution in [0.4, 0.5) is 0 Å². The van der Waals surface area contributed by atoms with Crippen LogP contribution in [-0.2, 0) is 0 Å². The van der Waals surface area contributed by atoms with E-state index in [2.05, 4.69) is 21.2 Å². The minimum Gasteiger partial charge on any atom is -0.329 e. The van der Waals surface area contributed by atoms with Crippen molar-refractivity contribution in [1.82, 2.24) is 5.32 Å². The average Bonchev–Trinajstić information content (AvgIpc) is 2.42. The van der Waals surface area contributed by atoms with Gasteiger partial charge in [0.15, 0.2) is 0 Å². The lowest BCUT2D eigenvalue weighted by molar-refractivity contribution is 0.0970. The van der Waals surface area contributed by atoms with Gasteiger partial charge in [0, 0.05) is 16.2 Å². The van der Waals surface area contributed by atoms with Crippen molar-refractivity contribution < 1.29 is 4.79 Å². The molecule has 2 aromatic rings.